The van der Waals surface area contributed by atoms with Gasteiger partial charge in [0, 0.05) is 34.3 Å². The number of hydrogen-bond acceptors (Lipinski definition) is 9. The number of carbonyl (C=O) groups excluding carboxylic acids is 2. The zero-order valence-corrected chi connectivity index (χ0v) is 27.8. The van der Waals surface area contributed by atoms with Gasteiger partial charge in [0.2, 0.25) is 0 Å². The van der Waals surface area contributed by atoms with Crippen LogP contribution in [0, 0.1) is 13.8 Å². The topological polar surface area (TPSA) is 98.8 Å². The van der Waals surface area contributed by atoms with Crippen molar-refractivity contribution in [2.45, 2.75) is 80.6 Å². The first-order valence-electron chi connectivity index (χ1n) is 15.2. The zero-order chi connectivity index (χ0) is 33.0. The molecule has 0 unspecified atom stereocenters. The number of rotatable bonds is 18. The van der Waals surface area contributed by atoms with Crippen LogP contribution in [0.4, 0.5) is 0 Å². The summed E-state index contributed by atoms with van der Waals surface area (Å²) in [7, 11) is 0. The molecule has 0 aromatic heterocycles. The van der Waals surface area contributed by atoms with Crippen LogP contribution in [0.25, 0.3) is 0 Å². The second-order valence-electron chi connectivity index (χ2n) is 10.4. The lowest BCUT2D eigenvalue weighted by Crippen LogP contribution is -2.26. The Labute approximate surface area is 262 Å². The first kappa shape index (κ1) is 36.1. The Hall–Kier alpha value is -4.14. The standard InChI is InChI=1S/C35H48O9/c1-12-19-41-29-22(8)25(43-26(36)14-3)21-24(32(29)42-20-13-2)35(10,11)28-33(40-18-7)30(38-16-5)23(9)31(39-17-6)34(28)44-27(37)15-4/h14-15,21H,3-4,12-13,16-20H2,1-2,5-11H3. The van der Waals surface area contributed by atoms with Crippen LogP contribution in [-0.4, -0.2) is 45.0 Å². The summed E-state index contributed by atoms with van der Waals surface area (Å²) in [5.41, 5.74) is 1.22. The highest BCUT2D eigenvalue weighted by molar-refractivity contribution is 5.86. The van der Waals surface area contributed by atoms with Crippen molar-refractivity contribution >= 4 is 11.9 Å². The van der Waals surface area contributed by atoms with Crippen LogP contribution in [0.3, 0.4) is 0 Å². The largest absolute Gasteiger partial charge is 0.490 e. The molecule has 0 aliphatic rings. The van der Waals surface area contributed by atoms with Gasteiger partial charge in [-0.2, -0.15) is 0 Å². The third-order valence-electron chi connectivity index (χ3n) is 6.80. The van der Waals surface area contributed by atoms with Crippen molar-refractivity contribution in [1.29, 1.82) is 0 Å². The summed E-state index contributed by atoms with van der Waals surface area (Å²) in [6.07, 6.45) is 3.66. The van der Waals surface area contributed by atoms with E-state index in [1.807, 2.05) is 62.3 Å². The fourth-order valence-electron chi connectivity index (χ4n) is 4.79. The lowest BCUT2D eigenvalue weighted by atomic mass is 9.75. The summed E-state index contributed by atoms with van der Waals surface area (Å²) < 4.78 is 42.8. The van der Waals surface area contributed by atoms with E-state index in [2.05, 4.69) is 13.2 Å². The van der Waals surface area contributed by atoms with Crippen molar-refractivity contribution in [2.75, 3.05) is 33.0 Å². The molecule has 0 atom stereocenters. The zero-order valence-electron chi connectivity index (χ0n) is 27.8. The van der Waals surface area contributed by atoms with E-state index >= 15 is 0 Å². The van der Waals surface area contributed by atoms with Crippen LogP contribution in [0.1, 0.15) is 83.6 Å². The molecular weight excluding hydrogens is 564 g/mol. The van der Waals surface area contributed by atoms with Gasteiger partial charge in [0.05, 0.1) is 38.6 Å². The molecule has 0 aliphatic heterocycles. The van der Waals surface area contributed by atoms with E-state index in [-0.39, 0.29) is 11.5 Å². The van der Waals surface area contributed by atoms with Crippen molar-refractivity contribution in [2.24, 2.45) is 0 Å². The Kier molecular flexibility index (Phi) is 13.6. The summed E-state index contributed by atoms with van der Waals surface area (Å²) in [5.74, 6) is 1.24. The number of benzene rings is 2. The predicted molar refractivity (Wildman–Crippen MR) is 171 cm³/mol. The van der Waals surface area contributed by atoms with Gasteiger partial charge in [0.25, 0.3) is 0 Å². The molecule has 0 aliphatic carbocycles. The molecule has 44 heavy (non-hydrogen) atoms. The van der Waals surface area contributed by atoms with Crippen molar-refractivity contribution in [3.8, 4) is 40.2 Å². The van der Waals surface area contributed by atoms with E-state index in [1.54, 1.807) is 6.07 Å². The van der Waals surface area contributed by atoms with Crippen LogP contribution in [0.15, 0.2) is 31.4 Å². The van der Waals surface area contributed by atoms with Gasteiger partial charge in [0.15, 0.2) is 34.5 Å². The minimum Gasteiger partial charge on any atom is -0.490 e. The molecule has 0 saturated heterocycles. The quantitative estimate of drug-likeness (QED) is 0.0958. The third kappa shape index (κ3) is 7.87. The Balaban J connectivity index is 3.24. The van der Waals surface area contributed by atoms with E-state index in [4.69, 9.17) is 33.2 Å². The lowest BCUT2D eigenvalue weighted by Gasteiger charge is -2.34. The first-order valence-corrected chi connectivity index (χ1v) is 15.2. The molecule has 242 valence electrons. The monoisotopic (exact) mass is 612 g/mol. The minimum atomic E-state index is -1.05. The van der Waals surface area contributed by atoms with Crippen molar-refractivity contribution in [3.63, 3.8) is 0 Å². The van der Waals surface area contributed by atoms with Crippen LogP contribution in [0.2, 0.25) is 0 Å². The second kappa shape index (κ2) is 16.6. The van der Waals surface area contributed by atoms with E-state index in [9.17, 15) is 9.59 Å². The molecule has 0 N–H and O–H groups in total. The molecule has 0 saturated carbocycles. The highest BCUT2D eigenvalue weighted by atomic mass is 16.6. The maximum atomic E-state index is 12.8. The van der Waals surface area contributed by atoms with Gasteiger partial charge in [0.1, 0.15) is 5.75 Å². The lowest BCUT2D eigenvalue weighted by molar-refractivity contribution is -0.130. The van der Waals surface area contributed by atoms with Crippen molar-refractivity contribution < 1.29 is 42.7 Å². The SMILES string of the molecule is C=CC(=O)Oc1cc(C(C)(C)c2c(OCC)c(OCC)c(C)c(OCC)c2OC(=O)C=C)c(OCCC)c(OCCC)c1C. The van der Waals surface area contributed by atoms with Crippen LogP contribution >= 0.6 is 0 Å². The van der Waals surface area contributed by atoms with Gasteiger partial charge in [-0.1, -0.05) is 40.9 Å². The molecule has 0 fully saturated rings. The molecule has 9 nitrogen and oxygen atoms in total. The fraction of sp³-hybridized carbons (Fsp3) is 0.486. The van der Waals surface area contributed by atoms with E-state index < -0.39 is 17.4 Å². The second-order valence-corrected chi connectivity index (χ2v) is 10.4. The van der Waals surface area contributed by atoms with Gasteiger partial charge in [-0.05, 0) is 53.5 Å². The summed E-state index contributed by atoms with van der Waals surface area (Å²) in [5, 5.41) is 0. The minimum absolute atomic E-state index is 0.161. The van der Waals surface area contributed by atoms with Crippen molar-refractivity contribution in [1.82, 2.24) is 0 Å². The molecule has 0 heterocycles. The number of ether oxygens (including phenoxy) is 7. The highest BCUT2D eigenvalue weighted by Crippen LogP contribution is 2.57. The Morgan fingerprint density at radius 2 is 1.11 bits per heavy atom. The molecule has 0 spiro atoms. The van der Waals surface area contributed by atoms with Gasteiger partial charge < -0.3 is 33.2 Å². The molecule has 0 radical (unpaired) electrons. The number of carbonyl (C=O) groups is 2. The smallest absolute Gasteiger partial charge is 0.335 e. The van der Waals surface area contributed by atoms with E-state index in [0.29, 0.717) is 84.0 Å². The average molecular weight is 613 g/mol. The molecule has 2 aromatic carbocycles. The fourth-order valence-corrected chi connectivity index (χ4v) is 4.79. The number of hydrogen-bond donors (Lipinski definition) is 0. The predicted octanol–water partition coefficient (Wildman–Crippen LogP) is 7.59. The summed E-state index contributed by atoms with van der Waals surface area (Å²) >= 11 is 0. The summed E-state index contributed by atoms with van der Waals surface area (Å²) in [6.45, 7) is 26.0. The Morgan fingerprint density at radius 3 is 1.61 bits per heavy atom. The molecular formula is C35H48O9. The molecule has 0 bridgehead atoms. The number of esters is 2. The maximum absolute atomic E-state index is 12.8. The maximum Gasteiger partial charge on any atom is 0.335 e. The Morgan fingerprint density at radius 1 is 0.659 bits per heavy atom. The summed E-state index contributed by atoms with van der Waals surface area (Å²) in [6, 6.07) is 1.75. The normalized spacial score (nSPS) is 10.9. The van der Waals surface area contributed by atoms with Crippen molar-refractivity contribution in [3.05, 3.63) is 53.6 Å². The van der Waals surface area contributed by atoms with Crippen LogP contribution in [0.5, 0.6) is 40.2 Å². The van der Waals surface area contributed by atoms with E-state index in [0.717, 1.165) is 25.0 Å². The molecule has 2 aromatic rings. The van der Waals surface area contributed by atoms with Gasteiger partial charge in [-0.15, -0.1) is 0 Å². The first-order chi connectivity index (χ1) is 21.0. The Bertz CT molecular complexity index is 1340. The molecule has 2 rings (SSSR count). The summed E-state index contributed by atoms with van der Waals surface area (Å²) in [4.78, 5) is 25.2. The van der Waals surface area contributed by atoms with Gasteiger partial charge >= 0.3 is 11.9 Å². The molecule has 9 heteroatoms. The highest BCUT2D eigenvalue weighted by Gasteiger charge is 2.41. The van der Waals surface area contributed by atoms with Crippen LogP contribution in [-0.2, 0) is 15.0 Å². The average Bonchev–Trinajstić information content (AvgIpc) is 3.00. The van der Waals surface area contributed by atoms with Gasteiger partial charge in [-0.3, -0.25) is 0 Å². The van der Waals surface area contributed by atoms with Gasteiger partial charge in [-0.25, -0.2) is 9.59 Å². The molecule has 0 amide bonds. The van der Waals surface area contributed by atoms with Crippen LogP contribution < -0.4 is 33.2 Å². The third-order valence-corrected chi connectivity index (χ3v) is 6.80. The van der Waals surface area contributed by atoms with E-state index in [1.165, 1.54) is 0 Å².